The molecular formula is C30H33F3N2O4. The van der Waals surface area contributed by atoms with Crippen LogP contribution in [0.3, 0.4) is 0 Å². The van der Waals surface area contributed by atoms with Crippen LogP contribution in [0.15, 0.2) is 72.8 Å². The normalized spacial score (nSPS) is 11.3. The van der Waals surface area contributed by atoms with Crippen LogP contribution in [0.4, 0.5) is 24.5 Å². The van der Waals surface area contributed by atoms with Gasteiger partial charge in [0.1, 0.15) is 18.1 Å². The van der Waals surface area contributed by atoms with Crippen LogP contribution >= 0.6 is 0 Å². The van der Waals surface area contributed by atoms with Gasteiger partial charge in [-0.2, -0.15) is 13.2 Å². The van der Waals surface area contributed by atoms with E-state index in [4.69, 9.17) is 19.4 Å². The minimum absolute atomic E-state index is 0.646. The number of alkyl halides is 3. The molecule has 9 heteroatoms. The van der Waals surface area contributed by atoms with Gasteiger partial charge in [-0.1, -0.05) is 74.5 Å². The zero-order valence-electron chi connectivity index (χ0n) is 22.5. The molecule has 0 aliphatic rings. The lowest BCUT2D eigenvalue weighted by atomic mass is 10.0. The van der Waals surface area contributed by atoms with Crippen molar-refractivity contribution in [2.45, 2.75) is 20.0 Å². The number of hydrogen-bond acceptors (Lipinski definition) is 5. The van der Waals surface area contributed by atoms with E-state index in [1.807, 2.05) is 6.07 Å². The van der Waals surface area contributed by atoms with Crippen molar-refractivity contribution < 1.29 is 32.5 Å². The Balaban J connectivity index is 0.000000532. The molecule has 0 fully saturated rings. The first-order valence-electron chi connectivity index (χ1n) is 12.6. The van der Waals surface area contributed by atoms with E-state index in [2.05, 4.69) is 97.4 Å². The summed E-state index contributed by atoms with van der Waals surface area (Å²) >= 11 is 0. The SMILES string of the molecule is CCN(CC)CCOc1ccc2ccccc2c1N(C)c1c(OC)ccc2ccccc12.O=C(O)C(F)(F)F. The molecule has 0 radical (unpaired) electrons. The first-order valence-corrected chi connectivity index (χ1v) is 12.6. The number of fused-ring (bicyclic) bond motifs is 2. The second-order valence-corrected chi connectivity index (χ2v) is 8.71. The van der Waals surface area contributed by atoms with E-state index < -0.39 is 12.1 Å². The molecule has 208 valence electrons. The summed E-state index contributed by atoms with van der Waals surface area (Å²) in [6.45, 7) is 7.97. The Morgan fingerprint density at radius 3 is 1.74 bits per heavy atom. The highest BCUT2D eigenvalue weighted by molar-refractivity contribution is 6.05. The number of methoxy groups -OCH3 is 1. The van der Waals surface area contributed by atoms with E-state index in [0.717, 1.165) is 53.3 Å². The number of hydrogen-bond donors (Lipinski definition) is 1. The molecule has 0 heterocycles. The molecule has 0 aliphatic heterocycles. The molecular weight excluding hydrogens is 509 g/mol. The summed E-state index contributed by atoms with van der Waals surface area (Å²) in [5.41, 5.74) is 2.09. The number of carbonyl (C=O) groups is 1. The van der Waals surface area contributed by atoms with Crippen LogP contribution < -0.4 is 14.4 Å². The Bertz CT molecular complexity index is 1400. The van der Waals surface area contributed by atoms with Crippen molar-refractivity contribution in [3.8, 4) is 11.5 Å². The molecule has 4 aromatic carbocycles. The predicted octanol–water partition coefficient (Wildman–Crippen LogP) is 7.12. The standard InChI is InChI=1S/C28H32N2O2.C2HF3O2/c1-5-30(6-2)19-20-32-26-18-16-22-12-8-10-14-24(22)28(26)29(3)27-23-13-9-7-11-21(23)15-17-25(27)31-4;3-2(4,5)1(6)7/h7-18H,5-6,19-20H2,1-4H3;(H,6,7). The number of carboxylic acids is 1. The number of likely N-dealkylation sites (N-methyl/N-ethyl adjacent to an activating group) is 1. The number of carboxylic acid groups (broad SMARTS) is 1. The molecule has 0 aliphatic carbocycles. The van der Waals surface area contributed by atoms with Gasteiger partial charge in [-0.25, -0.2) is 4.79 Å². The summed E-state index contributed by atoms with van der Waals surface area (Å²) in [4.78, 5) is 13.5. The maximum absolute atomic E-state index is 10.6. The van der Waals surface area contributed by atoms with Gasteiger partial charge in [-0.3, -0.25) is 0 Å². The fraction of sp³-hybridized carbons (Fsp3) is 0.300. The number of benzene rings is 4. The van der Waals surface area contributed by atoms with Crippen molar-refractivity contribution >= 4 is 38.9 Å². The summed E-state index contributed by atoms with van der Waals surface area (Å²) in [7, 11) is 3.83. The Hall–Kier alpha value is -3.98. The van der Waals surface area contributed by atoms with Gasteiger partial charge in [0.05, 0.1) is 18.5 Å². The van der Waals surface area contributed by atoms with Crippen molar-refractivity contribution in [1.82, 2.24) is 4.90 Å². The predicted molar refractivity (Wildman–Crippen MR) is 149 cm³/mol. The van der Waals surface area contributed by atoms with Crippen LogP contribution in [0, 0.1) is 0 Å². The maximum Gasteiger partial charge on any atom is 0.490 e. The van der Waals surface area contributed by atoms with E-state index >= 15 is 0 Å². The van der Waals surface area contributed by atoms with E-state index in [1.54, 1.807) is 7.11 Å². The molecule has 6 nitrogen and oxygen atoms in total. The van der Waals surface area contributed by atoms with Gasteiger partial charge in [0.2, 0.25) is 0 Å². The molecule has 0 atom stereocenters. The molecule has 0 spiro atoms. The highest BCUT2D eigenvalue weighted by Gasteiger charge is 2.38. The van der Waals surface area contributed by atoms with Crippen molar-refractivity contribution in [1.29, 1.82) is 0 Å². The number of halogens is 3. The van der Waals surface area contributed by atoms with Gasteiger partial charge in [-0.05, 0) is 36.0 Å². The average Bonchev–Trinajstić information content (AvgIpc) is 2.94. The number of aliphatic carboxylic acids is 1. The summed E-state index contributed by atoms with van der Waals surface area (Å²) < 4.78 is 43.9. The van der Waals surface area contributed by atoms with Gasteiger partial charge in [0.25, 0.3) is 0 Å². The van der Waals surface area contributed by atoms with Crippen LogP contribution in [0.5, 0.6) is 11.5 Å². The zero-order valence-corrected chi connectivity index (χ0v) is 22.5. The minimum atomic E-state index is -5.08. The van der Waals surface area contributed by atoms with Crippen molar-refractivity contribution in [3.63, 3.8) is 0 Å². The van der Waals surface area contributed by atoms with Gasteiger partial charge >= 0.3 is 12.1 Å². The third kappa shape index (κ3) is 7.11. The fourth-order valence-electron chi connectivity index (χ4n) is 4.38. The summed E-state index contributed by atoms with van der Waals surface area (Å²) in [6.07, 6.45) is -5.08. The van der Waals surface area contributed by atoms with E-state index in [-0.39, 0.29) is 0 Å². The van der Waals surface area contributed by atoms with Crippen LogP contribution in [0.25, 0.3) is 21.5 Å². The zero-order chi connectivity index (χ0) is 28.6. The summed E-state index contributed by atoms with van der Waals surface area (Å²) in [6, 6.07) is 25.3. The molecule has 0 amide bonds. The molecule has 0 saturated heterocycles. The van der Waals surface area contributed by atoms with Crippen LogP contribution in [-0.4, -0.2) is 62.6 Å². The van der Waals surface area contributed by atoms with Gasteiger partial charge in [-0.15, -0.1) is 0 Å². The van der Waals surface area contributed by atoms with E-state index in [0.29, 0.717) is 6.61 Å². The van der Waals surface area contributed by atoms with Crippen molar-refractivity contribution in [3.05, 3.63) is 72.8 Å². The van der Waals surface area contributed by atoms with Crippen LogP contribution in [0.1, 0.15) is 13.8 Å². The number of anilines is 2. The maximum atomic E-state index is 10.6. The second kappa shape index (κ2) is 13.2. The minimum Gasteiger partial charge on any atom is -0.495 e. The van der Waals surface area contributed by atoms with Crippen molar-refractivity contribution in [2.24, 2.45) is 0 Å². The molecule has 4 rings (SSSR count). The number of nitrogens with zero attached hydrogens (tertiary/aromatic N) is 2. The van der Waals surface area contributed by atoms with E-state index in [9.17, 15) is 13.2 Å². The molecule has 39 heavy (non-hydrogen) atoms. The average molecular weight is 543 g/mol. The quantitative estimate of drug-likeness (QED) is 0.243. The first kappa shape index (κ1) is 29.6. The number of rotatable bonds is 9. The van der Waals surface area contributed by atoms with E-state index in [1.165, 1.54) is 10.8 Å². The highest BCUT2D eigenvalue weighted by atomic mass is 19.4. The third-order valence-electron chi connectivity index (χ3n) is 6.42. The lowest BCUT2D eigenvalue weighted by Crippen LogP contribution is -2.28. The monoisotopic (exact) mass is 542 g/mol. The first-order chi connectivity index (χ1) is 18.6. The smallest absolute Gasteiger partial charge is 0.490 e. The fourth-order valence-corrected chi connectivity index (χ4v) is 4.38. The van der Waals surface area contributed by atoms with Crippen molar-refractivity contribution in [2.75, 3.05) is 45.3 Å². The Morgan fingerprint density at radius 1 is 0.821 bits per heavy atom. The third-order valence-corrected chi connectivity index (χ3v) is 6.42. The molecule has 0 saturated carbocycles. The summed E-state index contributed by atoms with van der Waals surface area (Å²) in [5.74, 6) is -1.03. The van der Waals surface area contributed by atoms with Gasteiger partial charge in [0, 0.05) is 24.4 Å². The molecule has 0 aromatic heterocycles. The Labute approximate surface area is 226 Å². The van der Waals surface area contributed by atoms with Crippen LogP contribution in [0.2, 0.25) is 0 Å². The molecule has 0 bridgehead atoms. The topological polar surface area (TPSA) is 62.2 Å². The Morgan fingerprint density at radius 2 is 1.28 bits per heavy atom. The lowest BCUT2D eigenvalue weighted by molar-refractivity contribution is -0.192. The summed E-state index contributed by atoms with van der Waals surface area (Å²) in [5, 5.41) is 11.8. The van der Waals surface area contributed by atoms with Crippen LogP contribution in [-0.2, 0) is 4.79 Å². The van der Waals surface area contributed by atoms with Gasteiger partial charge < -0.3 is 24.4 Å². The molecule has 4 aromatic rings. The molecule has 1 N–H and O–H groups in total. The largest absolute Gasteiger partial charge is 0.495 e. The second-order valence-electron chi connectivity index (χ2n) is 8.71. The van der Waals surface area contributed by atoms with Gasteiger partial charge in [0.15, 0.2) is 0 Å². The number of ether oxygens (including phenoxy) is 2. The lowest BCUT2D eigenvalue weighted by Gasteiger charge is -2.27. The Kier molecular flexibility index (Phi) is 10.0. The molecule has 0 unspecified atom stereocenters. The highest BCUT2D eigenvalue weighted by Crippen LogP contribution is 2.45.